The normalized spacial score (nSPS) is 21.6. The first-order valence-corrected chi connectivity index (χ1v) is 24.8. The van der Waals surface area contributed by atoms with Crippen LogP contribution in [0.3, 0.4) is 0 Å². The van der Waals surface area contributed by atoms with Crippen molar-refractivity contribution in [2.45, 2.75) is 138 Å². The van der Waals surface area contributed by atoms with Gasteiger partial charge in [0, 0.05) is 102 Å². The van der Waals surface area contributed by atoms with Crippen LogP contribution < -0.4 is 56.8 Å². The van der Waals surface area contributed by atoms with Gasteiger partial charge < -0.3 is 56.8 Å². The summed E-state index contributed by atoms with van der Waals surface area (Å²) >= 11 is 0. The molecule has 0 spiro atoms. The monoisotopic (exact) mass is 910 g/mol. The molecular formula is C40H46O18S3. The molecule has 0 bridgehead atoms. The highest BCUT2D eigenvalue weighted by Crippen LogP contribution is 2.71. The summed E-state index contributed by atoms with van der Waals surface area (Å²) in [5.74, 6) is -12.9. The van der Waals surface area contributed by atoms with E-state index in [4.69, 9.17) is 56.8 Å². The lowest BCUT2D eigenvalue weighted by Crippen LogP contribution is -2.32. The minimum Gasteiger partial charge on any atom is -0.449 e. The molecule has 61 heavy (non-hydrogen) atoms. The van der Waals surface area contributed by atoms with Crippen molar-refractivity contribution in [3.8, 4) is 69.0 Å². The number of fused-ring (bicyclic) bond motifs is 6. The van der Waals surface area contributed by atoms with E-state index in [9.17, 15) is 25.3 Å². The molecule has 21 heteroatoms. The third kappa shape index (κ3) is 6.30. The van der Waals surface area contributed by atoms with E-state index in [0.29, 0.717) is 0 Å². The van der Waals surface area contributed by atoms with E-state index in [-0.39, 0.29) is 100 Å². The molecule has 0 radical (unpaired) electrons. The van der Waals surface area contributed by atoms with Crippen LogP contribution in [0.15, 0.2) is 14.7 Å². The van der Waals surface area contributed by atoms with Crippen molar-refractivity contribution in [2.75, 3.05) is 18.8 Å². The molecule has 0 saturated carbocycles. The highest BCUT2D eigenvalue weighted by atomic mass is 32.2. The number of rotatable bonds is 6. The summed E-state index contributed by atoms with van der Waals surface area (Å²) in [4.78, 5) is -1.11. The number of ether oxygens (including phenoxy) is 12. The molecule has 0 aliphatic carbocycles. The molecule has 332 valence electrons. The fraction of sp³-hybridized carbons (Fsp3) is 0.550. The maximum Gasteiger partial charge on any atom is 0.246 e. The Labute approximate surface area is 353 Å². The predicted octanol–water partition coefficient (Wildman–Crippen LogP) is 6.12. The van der Waals surface area contributed by atoms with Crippen LogP contribution in [-0.2, 0) is 29.5 Å². The van der Waals surface area contributed by atoms with Crippen molar-refractivity contribution in [3.05, 3.63) is 16.7 Å². The fourth-order valence-electron chi connectivity index (χ4n) is 8.44. The molecule has 6 aliphatic rings. The van der Waals surface area contributed by atoms with Gasteiger partial charge in [-0.05, 0) is 0 Å². The molecule has 0 aromatic heterocycles. The van der Waals surface area contributed by atoms with Gasteiger partial charge in [-0.15, -0.1) is 0 Å². The second-order valence-electron chi connectivity index (χ2n) is 18.6. The van der Waals surface area contributed by atoms with Gasteiger partial charge >= 0.3 is 0 Å². The Morgan fingerprint density at radius 1 is 0.279 bits per heavy atom. The molecular weight excluding hydrogens is 865 g/mol. The van der Waals surface area contributed by atoms with Crippen molar-refractivity contribution in [1.82, 2.24) is 0 Å². The van der Waals surface area contributed by atoms with Gasteiger partial charge in [-0.25, -0.2) is 25.3 Å². The van der Waals surface area contributed by atoms with Crippen LogP contribution in [0.2, 0.25) is 0 Å². The highest BCUT2D eigenvalue weighted by molar-refractivity contribution is 7.91. The lowest BCUT2D eigenvalue weighted by molar-refractivity contribution is -0.0511. The number of sulfone groups is 3. The van der Waals surface area contributed by atoms with Gasteiger partial charge in [-0.1, -0.05) is 0 Å². The first-order valence-electron chi connectivity index (χ1n) is 19.1. The molecule has 3 aromatic carbocycles. The average molecular weight is 911 g/mol. The quantitative estimate of drug-likeness (QED) is 0.255. The van der Waals surface area contributed by atoms with E-state index in [2.05, 4.69) is 0 Å². The lowest BCUT2D eigenvalue weighted by atomic mass is 9.81. The molecule has 6 heterocycles. The van der Waals surface area contributed by atoms with Crippen molar-refractivity contribution in [3.63, 3.8) is 0 Å². The first kappa shape index (κ1) is 41.5. The molecule has 0 N–H and O–H groups in total. The lowest BCUT2D eigenvalue weighted by Gasteiger charge is -2.28. The van der Waals surface area contributed by atoms with Crippen LogP contribution in [0.5, 0.6) is 69.0 Å². The summed E-state index contributed by atoms with van der Waals surface area (Å²) < 4.78 is 160. The largest absolute Gasteiger partial charge is 0.449 e. The van der Waals surface area contributed by atoms with Crippen LogP contribution in [0.25, 0.3) is 0 Å². The Bertz CT molecular complexity index is 2460. The number of hydrogen-bond donors (Lipinski definition) is 0. The molecule has 0 saturated heterocycles. The van der Waals surface area contributed by atoms with Crippen molar-refractivity contribution in [1.29, 1.82) is 0 Å². The third-order valence-electron chi connectivity index (χ3n) is 10.1. The Morgan fingerprint density at radius 2 is 0.410 bits per heavy atom. The molecule has 0 unspecified atom stereocenters. The molecule has 0 atom stereocenters. The Kier molecular flexibility index (Phi) is 7.86. The predicted molar refractivity (Wildman–Crippen MR) is 212 cm³/mol. The minimum atomic E-state index is -4.19. The zero-order chi connectivity index (χ0) is 45.0. The fourth-order valence-corrected chi connectivity index (χ4v) is 11.3. The van der Waals surface area contributed by atoms with Crippen LogP contribution in [0, 0.1) is 0 Å². The smallest absolute Gasteiger partial charge is 0.246 e. The Morgan fingerprint density at radius 3 is 0.541 bits per heavy atom. The summed E-state index contributed by atoms with van der Waals surface area (Å²) in [6.07, 6.45) is 2.95. The molecule has 0 amide bonds. The topological polar surface area (TPSA) is 213 Å². The Balaban J connectivity index is 1.56. The van der Waals surface area contributed by atoms with Gasteiger partial charge in [0.15, 0.2) is 113 Å². The molecule has 3 aromatic rings. The van der Waals surface area contributed by atoms with E-state index in [1.807, 2.05) is 0 Å². The van der Waals surface area contributed by atoms with Gasteiger partial charge in [-0.2, -0.15) is 0 Å². The van der Waals surface area contributed by atoms with Gasteiger partial charge in [-0.3, -0.25) is 0 Å². The average Bonchev–Trinajstić information content (AvgIpc) is 3.83. The summed E-state index contributed by atoms with van der Waals surface area (Å²) in [5, 5.41) is 0. The second kappa shape index (κ2) is 11.6. The van der Waals surface area contributed by atoms with E-state index in [0.717, 1.165) is 18.8 Å². The van der Waals surface area contributed by atoms with Gasteiger partial charge in [0.05, 0.1) is 22.6 Å². The number of benzene rings is 3. The van der Waals surface area contributed by atoms with Crippen molar-refractivity contribution < 1.29 is 82.1 Å². The van der Waals surface area contributed by atoms with E-state index in [1.165, 1.54) is 0 Å². The summed E-state index contributed by atoms with van der Waals surface area (Å²) in [5.41, 5.74) is 0.0550. The Hall–Kier alpha value is -4.89. The van der Waals surface area contributed by atoms with Gasteiger partial charge in [0.2, 0.25) is 34.7 Å². The van der Waals surface area contributed by atoms with Crippen LogP contribution in [0.1, 0.15) is 106 Å². The van der Waals surface area contributed by atoms with E-state index < -0.39 is 70.2 Å². The summed E-state index contributed by atoms with van der Waals surface area (Å²) in [6.45, 7) is 18.8. The van der Waals surface area contributed by atoms with Crippen LogP contribution in [-0.4, -0.2) is 78.7 Å². The first-order chi connectivity index (χ1) is 27.5. The summed E-state index contributed by atoms with van der Waals surface area (Å²) in [7, 11) is -12.6. The maximum absolute atomic E-state index is 13.8. The standard InChI is InChI=1S/C40H46O18S3/c1-35(2)47-20-17(21-27(54-36(3,4)48-21)32(26(20)53-35)59(13,41)42)16(18-22-28(55-37(5,6)49-22)33(60(14,43)44)29-23(18)50-38(7,8)56-29)19-24-30(57-39(9,10)51-24)34(61(15,45)46)31-25(19)52-40(11,12)58-31/h16H,1-15H3. The highest BCUT2D eigenvalue weighted by Gasteiger charge is 2.57. The van der Waals surface area contributed by atoms with Crippen molar-refractivity contribution >= 4 is 29.5 Å². The van der Waals surface area contributed by atoms with Gasteiger partial charge in [0.1, 0.15) is 0 Å². The third-order valence-corrected chi connectivity index (χ3v) is 13.4. The molecule has 9 rings (SSSR count). The van der Waals surface area contributed by atoms with Crippen LogP contribution in [0.4, 0.5) is 0 Å². The van der Waals surface area contributed by atoms with E-state index in [1.54, 1.807) is 83.1 Å². The zero-order valence-electron chi connectivity index (χ0n) is 36.2. The molecule has 18 nitrogen and oxygen atoms in total. The minimum absolute atomic E-state index is 0.0183. The van der Waals surface area contributed by atoms with Crippen molar-refractivity contribution in [2.24, 2.45) is 0 Å². The van der Waals surface area contributed by atoms with Gasteiger partial charge in [0.25, 0.3) is 0 Å². The maximum atomic E-state index is 13.8. The SMILES string of the molecule is CC1(C)Oc2c(c(S(C)(=O)=O)c3c(c2C(c2c4c(c(S(C)(=O)=O)c5c2OC(C)(C)O5)OC(C)(C)O4)c2c4c(c(S(C)(=O)=O)c5c2OC(C)(C)O5)OC(C)(C)O4)OC(C)(C)O3)O1. The summed E-state index contributed by atoms with van der Waals surface area (Å²) in [6, 6.07) is 0. The number of hydrogen-bond acceptors (Lipinski definition) is 18. The molecule has 6 aliphatic heterocycles. The van der Waals surface area contributed by atoms with E-state index >= 15 is 0 Å². The zero-order valence-corrected chi connectivity index (χ0v) is 38.6. The molecule has 0 fully saturated rings. The van der Waals surface area contributed by atoms with Crippen LogP contribution >= 0.6 is 0 Å². The second-order valence-corrected chi connectivity index (χ2v) is 24.4.